The van der Waals surface area contributed by atoms with E-state index in [0.717, 1.165) is 0 Å². The van der Waals surface area contributed by atoms with Crippen LogP contribution in [-0.4, -0.2) is 0 Å². The Labute approximate surface area is 107 Å². The number of rotatable bonds is 3. The molecule has 0 aromatic carbocycles. The maximum Gasteiger partial charge on any atom is 0 e. The monoisotopic (exact) mass is 281 g/mol. The van der Waals surface area contributed by atoms with Gasteiger partial charge in [-0.15, -0.1) is 49.6 Å². The molecular weight excluding hydrogens is 265 g/mol. The minimum absolute atomic E-state index is 0. The Bertz CT molecular complexity index is 26.5. The number of halogens is 4. The zero-order chi connectivity index (χ0) is 4.83. The van der Waals surface area contributed by atoms with E-state index in [2.05, 4.69) is 13.8 Å². The van der Waals surface area contributed by atoms with Crippen LogP contribution in [0.4, 0.5) is 0 Å². The fraction of sp³-hybridized carbons (Fsp3) is 1.00. The van der Waals surface area contributed by atoms with Crippen molar-refractivity contribution in [2.45, 2.75) is 39.5 Å². The van der Waals surface area contributed by atoms with Gasteiger partial charge in [0.2, 0.25) is 0 Å². The average Bonchev–Trinajstić information content (AvgIpc) is 1.61. The van der Waals surface area contributed by atoms with Gasteiger partial charge < -0.3 is 0 Å². The van der Waals surface area contributed by atoms with Gasteiger partial charge in [-0.3, -0.25) is 0 Å². The van der Waals surface area contributed by atoms with Crippen LogP contribution in [0.5, 0.6) is 0 Å². The Kier molecular flexibility index (Phi) is 144. The standard InChI is InChI=1S/C6H14.4ClH.V/c1-3-5-6-4-2;;;;;/h3-6H2,1-2H3;4*1H;. The molecule has 0 saturated carbocycles. The summed E-state index contributed by atoms with van der Waals surface area (Å²) < 4.78 is 0. The Morgan fingerprint density at radius 2 is 0.818 bits per heavy atom. The Balaban J connectivity index is -0.0000000125. The van der Waals surface area contributed by atoms with Gasteiger partial charge in [-0.05, 0) is 0 Å². The molecule has 0 rings (SSSR count). The third-order valence-corrected chi connectivity index (χ3v) is 0.957. The van der Waals surface area contributed by atoms with E-state index in [4.69, 9.17) is 0 Å². The van der Waals surface area contributed by atoms with Crippen LogP contribution < -0.4 is 0 Å². The van der Waals surface area contributed by atoms with Gasteiger partial charge in [-0.2, -0.15) is 0 Å². The molecule has 0 aromatic heterocycles. The van der Waals surface area contributed by atoms with E-state index in [9.17, 15) is 0 Å². The summed E-state index contributed by atoms with van der Waals surface area (Å²) in [6.07, 6.45) is 5.54. The van der Waals surface area contributed by atoms with Crippen molar-refractivity contribution in [2.24, 2.45) is 0 Å². The summed E-state index contributed by atoms with van der Waals surface area (Å²) >= 11 is 0. The van der Waals surface area contributed by atoms with Crippen molar-refractivity contribution in [3.8, 4) is 0 Å². The molecule has 0 aliphatic carbocycles. The van der Waals surface area contributed by atoms with Gasteiger partial charge in [0.15, 0.2) is 0 Å². The third kappa shape index (κ3) is 49.5. The van der Waals surface area contributed by atoms with Crippen LogP contribution in [0.3, 0.4) is 0 Å². The Hall–Kier alpha value is 1.74. The van der Waals surface area contributed by atoms with Gasteiger partial charge >= 0.3 is 0 Å². The van der Waals surface area contributed by atoms with Gasteiger partial charge in [0, 0.05) is 18.6 Å². The fourth-order valence-electron chi connectivity index (χ4n) is 0.500. The van der Waals surface area contributed by atoms with Crippen molar-refractivity contribution in [2.75, 3.05) is 0 Å². The van der Waals surface area contributed by atoms with Crippen molar-refractivity contribution in [1.82, 2.24) is 0 Å². The minimum atomic E-state index is 0. The molecule has 0 aliphatic heterocycles. The molecule has 0 saturated heterocycles. The average molecular weight is 283 g/mol. The summed E-state index contributed by atoms with van der Waals surface area (Å²) in [6, 6.07) is 0. The molecule has 1 radical (unpaired) electrons. The van der Waals surface area contributed by atoms with Gasteiger partial charge in [-0.25, -0.2) is 0 Å². The molecule has 0 unspecified atom stereocenters. The summed E-state index contributed by atoms with van der Waals surface area (Å²) in [6.45, 7) is 4.46. The summed E-state index contributed by atoms with van der Waals surface area (Å²) in [5, 5.41) is 0. The third-order valence-electron chi connectivity index (χ3n) is 0.957. The summed E-state index contributed by atoms with van der Waals surface area (Å²) in [7, 11) is 0. The van der Waals surface area contributed by atoms with E-state index in [-0.39, 0.29) is 68.2 Å². The zero-order valence-electron chi connectivity index (χ0n) is 6.91. The molecule has 0 N–H and O–H groups in total. The van der Waals surface area contributed by atoms with Gasteiger partial charge in [-0.1, -0.05) is 39.5 Å². The molecule has 0 heterocycles. The summed E-state index contributed by atoms with van der Waals surface area (Å²) in [5.74, 6) is 0. The van der Waals surface area contributed by atoms with Crippen LogP contribution >= 0.6 is 49.6 Å². The van der Waals surface area contributed by atoms with Crippen molar-refractivity contribution in [3.63, 3.8) is 0 Å². The quantitative estimate of drug-likeness (QED) is 0.678. The SMILES string of the molecule is CCCCCC.Cl.Cl.Cl.Cl.[V]. The number of unbranched alkanes of at least 4 members (excludes halogenated alkanes) is 3. The molecule has 0 aromatic rings. The molecule has 5 heteroatoms. The second kappa shape index (κ2) is 41.1. The molecule has 75 valence electrons. The van der Waals surface area contributed by atoms with Gasteiger partial charge in [0.25, 0.3) is 0 Å². The fourth-order valence-corrected chi connectivity index (χ4v) is 0.500. The number of hydrogen-bond acceptors (Lipinski definition) is 0. The molecule has 0 aliphatic rings. The maximum atomic E-state index is 2.23. The van der Waals surface area contributed by atoms with Crippen LogP contribution in [0.2, 0.25) is 0 Å². The minimum Gasteiger partial charge on any atom is -0.147 e. The predicted molar refractivity (Wildman–Crippen MR) is 58.8 cm³/mol. The van der Waals surface area contributed by atoms with Gasteiger partial charge in [0.1, 0.15) is 0 Å². The van der Waals surface area contributed by atoms with E-state index in [1.807, 2.05) is 0 Å². The van der Waals surface area contributed by atoms with E-state index >= 15 is 0 Å². The molecule has 0 atom stereocenters. The number of hydrogen-bond donors (Lipinski definition) is 0. The predicted octanol–water partition coefficient (Wildman–Crippen LogP) is 4.27. The first kappa shape index (κ1) is 38.6. The molecular formula is C6H18Cl4V. The van der Waals surface area contributed by atoms with E-state index in [1.165, 1.54) is 25.7 Å². The van der Waals surface area contributed by atoms with E-state index in [1.54, 1.807) is 0 Å². The van der Waals surface area contributed by atoms with Crippen LogP contribution in [0.1, 0.15) is 39.5 Å². The molecule has 0 spiro atoms. The van der Waals surface area contributed by atoms with E-state index < -0.39 is 0 Å². The largest absolute Gasteiger partial charge is 0.147 e. The van der Waals surface area contributed by atoms with Crippen LogP contribution in [-0.2, 0) is 18.6 Å². The van der Waals surface area contributed by atoms with Crippen molar-refractivity contribution in [3.05, 3.63) is 0 Å². The van der Waals surface area contributed by atoms with Crippen LogP contribution in [0.25, 0.3) is 0 Å². The molecule has 0 fully saturated rings. The second-order valence-electron chi connectivity index (χ2n) is 1.71. The summed E-state index contributed by atoms with van der Waals surface area (Å²) in [4.78, 5) is 0. The normalized spacial score (nSPS) is 4.91. The van der Waals surface area contributed by atoms with Gasteiger partial charge in [0.05, 0.1) is 0 Å². The molecule has 11 heavy (non-hydrogen) atoms. The van der Waals surface area contributed by atoms with Crippen LogP contribution in [0, 0.1) is 0 Å². The smallest absolute Gasteiger partial charge is 0 e. The van der Waals surface area contributed by atoms with Crippen molar-refractivity contribution < 1.29 is 18.6 Å². The van der Waals surface area contributed by atoms with Crippen LogP contribution in [0.15, 0.2) is 0 Å². The zero-order valence-corrected chi connectivity index (χ0v) is 11.6. The Morgan fingerprint density at radius 3 is 0.909 bits per heavy atom. The van der Waals surface area contributed by atoms with E-state index in [0.29, 0.717) is 0 Å². The molecule has 0 amide bonds. The topological polar surface area (TPSA) is 0 Å². The first-order valence-electron chi connectivity index (χ1n) is 2.91. The maximum absolute atomic E-state index is 2.23. The summed E-state index contributed by atoms with van der Waals surface area (Å²) in [5.41, 5.74) is 0. The first-order chi connectivity index (χ1) is 2.91. The molecule has 0 bridgehead atoms. The first-order valence-corrected chi connectivity index (χ1v) is 2.91. The van der Waals surface area contributed by atoms with Crippen molar-refractivity contribution >= 4 is 49.6 Å². The Morgan fingerprint density at radius 1 is 0.636 bits per heavy atom. The van der Waals surface area contributed by atoms with Crippen molar-refractivity contribution in [1.29, 1.82) is 0 Å². The molecule has 0 nitrogen and oxygen atoms in total. The second-order valence-corrected chi connectivity index (χ2v) is 1.71.